The molecule has 2 atom stereocenters. The van der Waals surface area contributed by atoms with Crippen LogP contribution >= 0.6 is 0 Å². The first-order valence-electron chi connectivity index (χ1n) is 8.53. The van der Waals surface area contributed by atoms with Crippen molar-refractivity contribution in [1.82, 2.24) is 9.62 Å². The molecule has 0 aromatic heterocycles. The molecule has 4 N–H and O–H groups in total. The number of benzene rings is 1. The second-order valence-electron chi connectivity index (χ2n) is 6.49. The van der Waals surface area contributed by atoms with Gasteiger partial charge in [0.1, 0.15) is 12.1 Å². The summed E-state index contributed by atoms with van der Waals surface area (Å²) in [5, 5.41) is 11.5. The van der Waals surface area contributed by atoms with Gasteiger partial charge in [-0.25, -0.2) is 13.2 Å². The summed E-state index contributed by atoms with van der Waals surface area (Å²) in [7, 11) is -3.88. The highest BCUT2D eigenvalue weighted by Gasteiger charge is 2.40. The highest BCUT2D eigenvalue weighted by molar-refractivity contribution is 7.89. The predicted molar refractivity (Wildman–Crippen MR) is 96.1 cm³/mol. The number of carboxylic acids is 1. The van der Waals surface area contributed by atoms with E-state index in [1.165, 1.54) is 12.1 Å². The van der Waals surface area contributed by atoms with Crippen LogP contribution in [0.15, 0.2) is 29.2 Å². The van der Waals surface area contributed by atoms with Crippen LogP contribution in [0, 0.1) is 6.92 Å². The maximum atomic E-state index is 12.9. The van der Waals surface area contributed by atoms with Gasteiger partial charge >= 0.3 is 5.97 Å². The molecule has 9 nitrogen and oxygen atoms in total. The molecule has 1 saturated heterocycles. The number of aryl methyl sites for hydroxylation is 1. The van der Waals surface area contributed by atoms with Crippen molar-refractivity contribution in [2.45, 2.75) is 49.6 Å². The van der Waals surface area contributed by atoms with E-state index in [4.69, 9.17) is 5.73 Å². The van der Waals surface area contributed by atoms with Gasteiger partial charge in [0.15, 0.2) is 0 Å². The van der Waals surface area contributed by atoms with E-state index < -0.39 is 39.9 Å². The largest absolute Gasteiger partial charge is 0.480 e. The highest BCUT2D eigenvalue weighted by Crippen LogP contribution is 2.26. The number of primary amides is 1. The standard InChI is InChI=1S/C17H23N3O6S/c1-11-4-6-12(7-5-11)27(25,26)20-10-2-3-14(20)16(22)19-13(17(23)24)8-9-15(18)21/h4-7,13-14H,2-3,8-10H2,1H3,(H2,18,21)(H,19,22)(H,23,24)/t13-,14-/m0/s1. The molecule has 0 aliphatic carbocycles. The van der Waals surface area contributed by atoms with Crippen molar-refractivity contribution in [2.75, 3.05) is 6.54 Å². The summed E-state index contributed by atoms with van der Waals surface area (Å²) in [4.78, 5) is 34.8. The Morgan fingerprint density at radius 2 is 1.93 bits per heavy atom. The Morgan fingerprint density at radius 1 is 1.30 bits per heavy atom. The minimum atomic E-state index is -3.88. The molecule has 0 spiro atoms. The van der Waals surface area contributed by atoms with Crippen LogP contribution in [0.3, 0.4) is 0 Å². The van der Waals surface area contributed by atoms with Gasteiger partial charge in [0.2, 0.25) is 21.8 Å². The maximum Gasteiger partial charge on any atom is 0.326 e. The van der Waals surface area contributed by atoms with Gasteiger partial charge < -0.3 is 16.2 Å². The number of carboxylic acid groups (broad SMARTS) is 1. The lowest BCUT2D eigenvalue weighted by Crippen LogP contribution is -2.51. The van der Waals surface area contributed by atoms with E-state index in [-0.39, 0.29) is 24.3 Å². The molecule has 1 aliphatic rings. The van der Waals surface area contributed by atoms with E-state index in [1.54, 1.807) is 12.1 Å². The van der Waals surface area contributed by atoms with Crippen LogP contribution in [-0.4, -0.2) is 54.2 Å². The molecule has 1 aromatic carbocycles. The summed E-state index contributed by atoms with van der Waals surface area (Å²) in [5.41, 5.74) is 5.92. The van der Waals surface area contributed by atoms with Gasteiger partial charge in [0.05, 0.1) is 4.90 Å². The van der Waals surface area contributed by atoms with E-state index in [9.17, 15) is 27.9 Å². The molecule has 27 heavy (non-hydrogen) atoms. The van der Waals surface area contributed by atoms with Gasteiger partial charge in [-0.15, -0.1) is 0 Å². The fourth-order valence-corrected chi connectivity index (χ4v) is 4.60. The van der Waals surface area contributed by atoms with Crippen molar-refractivity contribution < 1.29 is 27.9 Å². The molecule has 0 radical (unpaired) electrons. The van der Waals surface area contributed by atoms with Crippen LogP contribution in [0.5, 0.6) is 0 Å². The molecule has 1 aromatic rings. The van der Waals surface area contributed by atoms with Crippen molar-refractivity contribution in [3.63, 3.8) is 0 Å². The van der Waals surface area contributed by atoms with Crippen LogP contribution in [0.25, 0.3) is 0 Å². The number of carbonyl (C=O) groups excluding carboxylic acids is 2. The minimum absolute atomic E-state index is 0.0799. The Kier molecular flexibility index (Phi) is 6.55. The molecule has 2 rings (SSSR count). The first-order chi connectivity index (χ1) is 12.6. The van der Waals surface area contributed by atoms with Crippen molar-refractivity contribution in [2.24, 2.45) is 5.73 Å². The van der Waals surface area contributed by atoms with E-state index in [1.807, 2.05) is 6.92 Å². The Bertz CT molecular complexity index is 822. The number of hydrogen-bond acceptors (Lipinski definition) is 5. The number of nitrogens with two attached hydrogens (primary N) is 1. The smallest absolute Gasteiger partial charge is 0.326 e. The molecule has 1 fully saturated rings. The molecule has 10 heteroatoms. The SMILES string of the molecule is Cc1ccc(S(=O)(=O)N2CCC[C@H]2C(=O)N[C@@H](CCC(N)=O)C(=O)O)cc1. The Morgan fingerprint density at radius 3 is 2.48 bits per heavy atom. The van der Waals surface area contributed by atoms with Crippen molar-refractivity contribution in [3.8, 4) is 0 Å². The second kappa shape index (κ2) is 8.49. The highest BCUT2D eigenvalue weighted by atomic mass is 32.2. The molecule has 0 saturated carbocycles. The quantitative estimate of drug-likeness (QED) is 0.562. The number of hydrogen-bond donors (Lipinski definition) is 3. The molecule has 0 unspecified atom stereocenters. The number of nitrogens with zero attached hydrogens (tertiary/aromatic N) is 1. The third-order valence-electron chi connectivity index (χ3n) is 4.43. The minimum Gasteiger partial charge on any atom is -0.480 e. The lowest BCUT2D eigenvalue weighted by molar-refractivity contribution is -0.142. The lowest BCUT2D eigenvalue weighted by atomic mass is 10.1. The van der Waals surface area contributed by atoms with E-state index in [0.717, 1.165) is 9.87 Å². The molecule has 0 bridgehead atoms. The fraction of sp³-hybridized carbons (Fsp3) is 0.471. The summed E-state index contributed by atoms with van der Waals surface area (Å²) in [6.45, 7) is 2.01. The van der Waals surface area contributed by atoms with Crippen LogP contribution in [0.2, 0.25) is 0 Å². The van der Waals surface area contributed by atoms with Crippen LogP contribution < -0.4 is 11.1 Å². The number of aliphatic carboxylic acids is 1. The van der Waals surface area contributed by atoms with Crippen LogP contribution in [-0.2, 0) is 24.4 Å². The van der Waals surface area contributed by atoms with E-state index in [2.05, 4.69) is 5.32 Å². The summed E-state index contributed by atoms with van der Waals surface area (Å²) in [6, 6.07) is 3.99. The maximum absolute atomic E-state index is 12.9. The predicted octanol–water partition coefficient (Wildman–Crippen LogP) is -0.0170. The second-order valence-corrected chi connectivity index (χ2v) is 8.38. The summed E-state index contributed by atoms with van der Waals surface area (Å²) >= 11 is 0. The number of carbonyl (C=O) groups is 3. The monoisotopic (exact) mass is 397 g/mol. The third-order valence-corrected chi connectivity index (χ3v) is 6.35. The van der Waals surface area contributed by atoms with Gasteiger partial charge in [-0.05, 0) is 38.3 Å². The fourth-order valence-electron chi connectivity index (χ4n) is 2.95. The zero-order chi connectivity index (χ0) is 20.2. The molecule has 1 heterocycles. The average molecular weight is 397 g/mol. The molecular formula is C17H23N3O6S. The normalized spacial score (nSPS) is 18.8. The number of sulfonamides is 1. The first-order valence-corrected chi connectivity index (χ1v) is 9.97. The Labute approximate surface area is 157 Å². The van der Waals surface area contributed by atoms with Gasteiger partial charge in [0.25, 0.3) is 0 Å². The third kappa shape index (κ3) is 5.04. The van der Waals surface area contributed by atoms with E-state index >= 15 is 0 Å². The molecule has 2 amide bonds. The Balaban J connectivity index is 2.16. The topological polar surface area (TPSA) is 147 Å². The zero-order valence-corrected chi connectivity index (χ0v) is 15.7. The summed E-state index contributed by atoms with van der Waals surface area (Å²) in [5.74, 6) is -2.68. The number of rotatable bonds is 8. The molecule has 1 aliphatic heterocycles. The van der Waals surface area contributed by atoms with Crippen LogP contribution in [0.1, 0.15) is 31.2 Å². The van der Waals surface area contributed by atoms with Gasteiger partial charge in [-0.3, -0.25) is 9.59 Å². The first kappa shape index (κ1) is 20.8. The van der Waals surface area contributed by atoms with E-state index in [0.29, 0.717) is 12.8 Å². The summed E-state index contributed by atoms with van der Waals surface area (Å²) < 4.78 is 26.8. The van der Waals surface area contributed by atoms with Gasteiger partial charge in [0, 0.05) is 13.0 Å². The van der Waals surface area contributed by atoms with Gasteiger partial charge in [-0.2, -0.15) is 4.31 Å². The van der Waals surface area contributed by atoms with Crippen molar-refractivity contribution in [3.05, 3.63) is 29.8 Å². The van der Waals surface area contributed by atoms with Crippen molar-refractivity contribution in [1.29, 1.82) is 0 Å². The summed E-state index contributed by atoms with van der Waals surface area (Å²) in [6.07, 6.45) is 0.419. The number of amides is 2. The van der Waals surface area contributed by atoms with Gasteiger partial charge in [-0.1, -0.05) is 17.7 Å². The molecular weight excluding hydrogens is 374 g/mol. The lowest BCUT2D eigenvalue weighted by Gasteiger charge is -2.25. The number of nitrogens with one attached hydrogen (secondary N) is 1. The Hall–Kier alpha value is -2.46. The zero-order valence-electron chi connectivity index (χ0n) is 14.9. The van der Waals surface area contributed by atoms with Crippen molar-refractivity contribution >= 4 is 27.8 Å². The average Bonchev–Trinajstić information content (AvgIpc) is 3.09. The van der Waals surface area contributed by atoms with Crippen LogP contribution in [0.4, 0.5) is 0 Å². The molecule has 148 valence electrons.